The van der Waals surface area contributed by atoms with Crippen LogP contribution in [-0.2, 0) is 6.42 Å². The highest BCUT2D eigenvalue weighted by Gasteiger charge is 2.14. The van der Waals surface area contributed by atoms with Crippen molar-refractivity contribution in [2.45, 2.75) is 26.2 Å². The van der Waals surface area contributed by atoms with E-state index >= 15 is 0 Å². The first kappa shape index (κ1) is 21.0. The minimum atomic E-state index is 1.15. The van der Waals surface area contributed by atoms with Crippen molar-refractivity contribution in [2.24, 2.45) is 0 Å². The first-order valence-corrected chi connectivity index (χ1v) is 11.9. The molecule has 0 bridgehead atoms. The lowest BCUT2D eigenvalue weighted by Gasteiger charge is -2.15. The van der Waals surface area contributed by atoms with Gasteiger partial charge in [0.2, 0.25) is 0 Å². The number of hydrogen-bond donors (Lipinski definition) is 0. The Bertz CT molecular complexity index is 1300. The Hall–Kier alpha value is -3.84. The third-order valence-corrected chi connectivity index (χ3v) is 6.25. The molecule has 1 nitrogen and oxygen atoms in total. The van der Waals surface area contributed by atoms with Gasteiger partial charge < -0.3 is 4.57 Å². The van der Waals surface area contributed by atoms with Crippen molar-refractivity contribution in [3.05, 3.63) is 127 Å². The summed E-state index contributed by atoms with van der Waals surface area (Å²) < 4.78 is 2.37. The third kappa shape index (κ3) is 4.54. The summed E-state index contributed by atoms with van der Waals surface area (Å²) in [7, 11) is 0. The van der Waals surface area contributed by atoms with Crippen LogP contribution in [0.3, 0.4) is 0 Å². The van der Waals surface area contributed by atoms with Gasteiger partial charge in [0.25, 0.3) is 0 Å². The molecule has 0 atom stereocenters. The molecule has 0 fully saturated rings. The van der Waals surface area contributed by atoms with Gasteiger partial charge in [-0.25, -0.2) is 0 Å². The summed E-state index contributed by atoms with van der Waals surface area (Å²) in [5.74, 6) is 0. The van der Waals surface area contributed by atoms with E-state index < -0.39 is 0 Å². The smallest absolute Gasteiger partial charge is 0.0535 e. The lowest BCUT2D eigenvalue weighted by molar-refractivity contribution is 0.795. The molecule has 0 saturated carbocycles. The van der Waals surface area contributed by atoms with Gasteiger partial charge in [0.15, 0.2) is 0 Å². The molecule has 0 radical (unpaired) electrons. The van der Waals surface area contributed by atoms with Crippen molar-refractivity contribution in [1.82, 2.24) is 4.57 Å². The maximum atomic E-state index is 2.37. The minimum absolute atomic E-state index is 1.15. The molecule has 162 valence electrons. The van der Waals surface area contributed by atoms with Gasteiger partial charge in [0.1, 0.15) is 0 Å². The molecule has 0 saturated heterocycles. The molecule has 1 aromatic heterocycles. The zero-order valence-electron chi connectivity index (χ0n) is 19.1. The fourth-order valence-corrected chi connectivity index (χ4v) is 4.43. The molecule has 5 aromatic rings. The Balaban J connectivity index is 1.55. The molecule has 33 heavy (non-hydrogen) atoms. The van der Waals surface area contributed by atoms with Gasteiger partial charge >= 0.3 is 0 Å². The predicted molar refractivity (Wildman–Crippen MR) is 141 cm³/mol. The summed E-state index contributed by atoms with van der Waals surface area (Å²) in [6.45, 7) is 2.25. The van der Waals surface area contributed by atoms with E-state index in [1.54, 1.807) is 0 Å². The number of nitrogens with zero attached hydrogens (tertiary/aromatic N) is 1. The van der Waals surface area contributed by atoms with E-state index in [0.29, 0.717) is 0 Å². The Morgan fingerprint density at radius 1 is 0.485 bits per heavy atom. The first-order valence-electron chi connectivity index (χ1n) is 11.9. The number of para-hydroxylation sites is 1. The van der Waals surface area contributed by atoms with Crippen LogP contribution in [0.2, 0.25) is 0 Å². The number of aryl methyl sites for hydroxylation is 1. The van der Waals surface area contributed by atoms with Crippen LogP contribution in [0.4, 0.5) is 0 Å². The molecule has 0 unspecified atom stereocenters. The van der Waals surface area contributed by atoms with Gasteiger partial charge in [0, 0.05) is 5.69 Å². The summed E-state index contributed by atoms with van der Waals surface area (Å²) in [6, 6.07) is 43.7. The monoisotopic (exact) mass is 427 g/mol. The quantitative estimate of drug-likeness (QED) is 0.244. The standard InChI is InChI=1S/C32H29N/c1-2-3-10-25-15-17-28(18-16-25)31-23-24-32(33(31)30-13-8-5-9-14-30)29-21-19-27(20-22-29)26-11-6-4-7-12-26/h4-9,11-24H,2-3,10H2,1H3. The Morgan fingerprint density at radius 2 is 0.970 bits per heavy atom. The minimum Gasteiger partial charge on any atom is -0.309 e. The second-order valence-electron chi connectivity index (χ2n) is 8.52. The van der Waals surface area contributed by atoms with Crippen molar-refractivity contribution >= 4 is 0 Å². The van der Waals surface area contributed by atoms with Crippen molar-refractivity contribution in [1.29, 1.82) is 0 Å². The maximum absolute atomic E-state index is 2.37. The second kappa shape index (κ2) is 9.75. The largest absolute Gasteiger partial charge is 0.309 e. The van der Waals surface area contributed by atoms with Crippen LogP contribution in [0, 0.1) is 0 Å². The zero-order chi connectivity index (χ0) is 22.5. The summed E-state index contributed by atoms with van der Waals surface area (Å²) in [5, 5.41) is 0. The fourth-order valence-electron chi connectivity index (χ4n) is 4.43. The molecular weight excluding hydrogens is 398 g/mol. The molecule has 1 heterocycles. The Morgan fingerprint density at radius 3 is 1.55 bits per heavy atom. The van der Waals surface area contributed by atoms with Crippen molar-refractivity contribution in [2.75, 3.05) is 0 Å². The lowest BCUT2D eigenvalue weighted by atomic mass is 10.0. The lowest BCUT2D eigenvalue weighted by Crippen LogP contribution is -1.99. The van der Waals surface area contributed by atoms with E-state index in [-0.39, 0.29) is 0 Å². The summed E-state index contributed by atoms with van der Waals surface area (Å²) >= 11 is 0. The number of aromatic nitrogens is 1. The van der Waals surface area contributed by atoms with E-state index in [1.807, 2.05) is 0 Å². The average Bonchev–Trinajstić information content (AvgIpc) is 3.34. The molecule has 0 spiro atoms. The molecule has 4 aromatic carbocycles. The Kier molecular flexibility index (Phi) is 6.21. The number of rotatable bonds is 7. The van der Waals surface area contributed by atoms with Crippen molar-refractivity contribution in [3.63, 3.8) is 0 Å². The number of benzene rings is 4. The molecule has 0 aliphatic heterocycles. The predicted octanol–water partition coefficient (Wildman–Crippen LogP) is 8.82. The SMILES string of the molecule is CCCCc1ccc(-c2ccc(-c3ccc(-c4ccccc4)cc3)n2-c2ccccc2)cc1. The van der Waals surface area contributed by atoms with Gasteiger partial charge in [-0.15, -0.1) is 0 Å². The van der Waals surface area contributed by atoms with Crippen LogP contribution < -0.4 is 0 Å². The Labute approximate surface area is 197 Å². The van der Waals surface area contributed by atoms with Gasteiger partial charge in [-0.2, -0.15) is 0 Å². The molecule has 5 rings (SSSR count). The van der Waals surface area contributed by atoms with E-state index in [4.69, 9.17) is 0 Å². The highest BCUT2D eigenvalue weighted by atomic mass is 15.0. The van der Waals surface area contributed by atoms with Crippen LogP contribution in [0.25, 0.3) is 39.3 Å². The molecule has 0 aliphatic rings. The topological polar surface area (TPSA) is 4.93 Å². The van der Waals surface area contributed by atoms with Crippen LogP contribution in [0.15, 0.2) is 121 Å². The summed E-state index contributed by atoms with van der Waals surface area (Å²) in [6.07, 6.45) is 3.61. The highest BCUT2D eigenvalue weighted by molar-refractivity contribution is 5.75. The van der Waals surface area contributed by atoms with Crippen LogP contribution >= 0.6 is 0 Å². The van der Waals surface area contributed by atoms with E-state index in [0.717, 1.165) is 6.42 Å². The molecule has 0 aliphatic carbocycles. The average molecular weight is 428 g/mol. The first-order chi connectivity index (χ1) is 16.3. The van der Waals surface area contributed by atoms with Gasteiger partial charge in [-0.3, -0.25) is 0 Å². The van der Waals surface area contributed by atoms with Gasteiger partial charge in [-0.05, 0) is 64.9 Å². The molecule has 0 amide bonds. The zero-order valence-corrected chi connectivity index (χ0v) is 19.1. The van der Waals surface area contributed by atoms with E-state index in [2.05, 4.69) is 133 Å². The van der Waals surface area contributed by atoms with Crippen molar-refractivity contribution in [3.8, 4) is 39.3 Å². The molecule has 1 heteroatoms. The van der Waals surface area contributed by atoms with Crippen LogP contribution in [0.5, 0.6) is 0 Å². The highest BCUT2D eigenvalue weighted by Crippen LogP contribution is 2.33. The van der Waals surface area contributed by atoms with Gasteiger partial charge in [0.05, 0.1) is 11.4 Å². The number of hydrogen-bond acceptors (Lipinski definition) is 0. The van der Waals surface area contributed by atoms with Gasteiger partial charge in [-0.1, -0.05) is 110 Å². The van der Waals surface area contributed by atoms with E-state index in [9.17, 15) is 0 Å². The third-order valence-electron chi connectivity index (χ3n) is 6.25. The summed E-state index contributed by atoms with van der Waals surface area (Å²) in [5.41, 5.74) is 9.93. The van der Waals surface area contributed by atoms with Crippen LogP contribution in [-0.4, -0.2) is 4.57 Å². The number of unbranched alkanes of at least 4 members (excludes halogenated alkanes) is 1. The summed E-state index contributed by atoms with van der Waals surface area (Å²) in [4.78, 5) is 0. The fraction of sp³-hybridized carbons (Fsp3) is 0.125. The molecular formula is C32H29N. The molecule has 0 N–H and O–H groups in total. The maximum Gasteiger partial charge on any atom is 0.0535 e. The van der Waals surface area contributed by atoms with Crippen LogP contribution in [0.1, 0.15) is 25.3 Å². The van der Waals surface area contributed by atoms with E-state index in [1.165, 1.54) is 57.7 Å². The normalized spacial score (nSPS) is 10.9. The second-order valence-corrected chi connectivity index (χ2v) is 8.52. The van der Waals surface area contributed by atoms with Crippen molar-refractivity contribution < 1.29 is 0 Å².